The molecule has 4 atom stereocenters. The lowest BCUT2D eigenvalue weighted by Gasteiger charge is -2.18. The number of phosphoric acid groups is 1. The topological polar surface area (TPSA) is 140 Å². The number of aromatic nitrogens is 2. The molecule has 0 amide bonds. The maximum Gasteiger partial charge on any atom is 0.472 e. The van der Waals surface area contributed by atoms with E-state index in [1.54, 1.807) is 4.98 Å². The highest BCUT2D eigenvalue weighted by Crippen LogP contribution is 2.44. The Labute approximate surface area is 201 Å². The summed E-state index contributed by atoms with van der Waals surface area (Å²) >= 11 is 0. The zero-order chi connectivity index (χ0) is 25.3. The van der Waals surface area contributed by atoms with Gasteiger partial charge in [-0.1, -0.05) is 30.3 Å². The van der Waals surface area contributed by atoms with E-state index in [-0.39, 0.29) is 19.4 Å². The molecule has 12 heteroatoms. The fourth-order valence-corrected chi connectivity index (χ4v) is 4.22. The number of aromatic amines is 1. The average molecular weight is 510 g/mol. The molecule has 1 aliphatic rings. The monoisotopic (exact) mass is 510 g/mol. The highest BCUT2D eigenvalue weighted by Gasteiger charge is 2.37. The van der Waals surface area contributed by atoms with Crippen molar-refractivity contribution in [1.82, 2.24) is 9.55 Å². The van der Waals surface area contributed by atoms with Gasteiger partial charge < -0.3 is 14.7 Å². The number of hydrogen-bond acceptors (Lipinski definition) is 7. The quantitative estimate of drug-likeness (QED) is 0.238. The minimum atomic E-state index is -4.42. The molecule has 0 saturated carbocycles. The van der Waals surface area contributed by atoms with Crippen LogP contribution in [0, 0.1) is 17.7 Å². The first-order valence-corrected chi connectivity index (χ1v) is 12.7. The lowest BCUT2D eigenvalue weighted by Crippen LogP contribution is -2.34. The van der Waals surface area contributed by atoms with Crippen LogP contribution in [0.5, 0.6) is 0 Å². The number of unbranched alkanes of at least 4 members (excludes halogenated alkanes) is 2. The number of aliphatic hydroxyl groups is 1. The second-order valence-corrected chi connectivity index (χ2v) is 9.42. The van der Waals surface area contributed by atoms with Gasteiger partial charge in [-0.2, -0.15) is 4.39 Å². The fourth-order valence-electron chi connectivity index (χ4n) is 3.49. The van der Waals surface area contributed by atoms with Gasteiger partial charge in [-0.25, -0.2) is 9.36 Å². The van der Waals surface area contributed by atoms with Crippen molar-refractivity contribution in [3.63, 3.8) is 0 Å². The Morgan fingerprint density at radius 3 is 2.69 bits per heavy atom. The molecule has 1 aliphatic heterocycles. The van der Waals surface area contributed by atoms with E-state index in [1.165, 1.54) is 5.56 Å². The van der Waals surface area contributed by atoms with E-state index >= 15 is 0 Å². The highest BCUT2D eigenvalue weighted by atomic mass is 31.2. The Balaban J connectivity index is 1.34. The van der Waals surface area contributed by atoms with Gasteiger partial charge in [0.05, 0.1) is 25.5 Å². The van der Waals surface area contributed by atoms with Gasteiger partial charge in [0.15, 0.2) is 0 Å². The van der Waals surface area contributed by atoms with E-state index in [9.17, 15) is 28.5 Å². The summed E-state index contributed by atoms with van der Waals surface area (Å²) in [6, 6.07) is 10.2. The number of aryl methyl sites for hydroxylation is 1. The molecule has 0 radical (unpaired) electrons. The third-order valence-corrected chi connectivity index (χ3v) is 6.29. The largest absolute Gasteiger partial charge is 0.472 e. The van der Waals surface area contributed by atoms with Crippen molar-refractivity contribution in [3.8, 4) is 11.8 Å². The molecule has 2 aromatic rings. The lowest BCUT2D eigenvalue weighted by atomic mass is 10.1. The third kappa shape index (κ3) is 8.54. The molecule has 1 fully saturated rings. The van der Waals surface area contributed by atoms with Crippen molar-refractivity contribution in [2.75, 3.05) is 13.2 Å². The highest BCUT2D eigenvalue weighted by molar-refractivity contribution is 7.47. The average Bonchev–Trinajstić information content (AvgIpc) is 3.20. The normalized spacial score (nSPS) is 21.3. The summed E-state index contributed by atoms with van der Waals surface area (Å²) in [7, 11) is -4.42. The molecule has 0 aliphatic carbocycles. The van der Waals surface area contributed by atoms with Gasteiger partial charge in [0, 0.05) is 19.3 Å². The van der Waals surface area contributed by atoms with Crippen molar-refractivity contribution in [2.45, 2.75) is 57.0 Å². The number of aliphatic hydroxyl groups excluding tert-OH is 1. The molecule has 1 saturated heterocycles. The first kappa shape index (κ1) is 27.0. The predicted octanol–water partition coefficient (Wildman–Crippen LogP) is 2.26. The molecule has 1 aromatic carbocycles. The van der Waals surface area contributed by atoms with Crippen molar-refractivity contribution in [3.05, 3.63) is 68.7 Å². The molecule has 1 unspecified atom stereocenters. The van der Waals surface area contributed by atoms with Crippen LogP contribution in [0.25, 0.3) is 0 Å². The van der Waals surface area contributed by atoms with E-state index in [2.05, 4.69) is 24.0 Å². The first-order chi connectivity index (χ1) is 16.7. The number of halogens is 1. The molecule has 190 valence electrons. The fraction of sp³-hybridized carbons (Fsp3) is 0.478. The zero-order valence-electron chi connectivity index (χ0n) is 19.0. The Morgan fingerprint density at radius 2 is 1.91 bits per heavy atom. The van der Waals surface area contributed by atoms with Crippen molar-refractivity contribution in [2.24, 2.45) is 0 Å². The summed E-state index contributed by atoms with van der Waals surface area (Å²) in [4.78, 5) is 34.6. The van der Waals surface area contributed by atoms with Gasteiger partial charge in [-0.3, -0.25) is 23.4 Å². The number of nitrogens with zero attached hydrogens (tertiary/aromatic N) is 1. The number of hydrogen-bond donors (Lipinski definition) is 3. The Bertz CT molecular complexity index is 1190. The predicted molar refractivity (Wildman–Crippen MR) is 124 cm³/mol. The molecule has 1 aromatic heterocycles. The molecule has 10 nitrogen and oxygen atoms in total. The van der Waals surface area contributed by atoms with Crippen molar-refractivity contribution >= 4 is 7.82 Å². The van der Waals surface area contributed by atoms with Crippen LogP contribution in [-0.4, -0.2) is 45.0 Å². The minimum absolute atomic E-state index is 0.114. The second kappa shape index (κ2) is 12.9. The minimum Gasteiger partial charge on any atom is -0.390 e. The van der Waals surface area contributed by atoms with Crippen LogP contribution in [0.1, 0.15) is 43.9 Å². The lowest BCUT2D eigenvalue weighted by molar-refractivity contribution is -0.0467. The molecular formula is C23H28FN2O8P. The van der Waals surface area contributed by atoms with Crippen molar-refractivity contribution < 1.29 is 32.7 Å². The summed E-state index contributed by atoms with van der Waals surface area (Å²) in [5, 5.41) is 10.1. The first-order valence-electron chi connectivity index (χ1n) is 11.2. The van der Waals surface area contributed by atoms with Gasteiger partial charge in [0.2, 0.25) is 5.82 Å². The summed E-state index contributed by atoms with van der Waals surface area (Å²) in [6.45, 7) is -0.618. The van der Waals surface area contributed by atoms with Crippen LogP contribution >= 0.6 is 7.82 Å². The summed E-state index contributed by atoms with van der Waals surface area (Å²) in [5.74, 6) is 4.70. The smallest absolute Gasteiger partial charge is 0.390 e. The maximum absolute atomic E-state index is 13.5. The van der Waals surface area contributed by atoms with Crippen LogP contribution in [-0.2, 0) is 24.8 Å². The van der Waals surface area contributed by atoms with E-state index in [0.717, 1.165) is 30.3 Å². The van der Waals surface area contributed by atoms with Gasteiger partial charge in [0.1, 0.15) is 12.3 Å². The SMILES string of the molecule is O=c1[nH]c(=O)n([C@H]2C[C@H](O)[C@@H](COP(=O)(O)OCCC#CCCCCc3ccccc3)O2)cc1F. The van der Waals surface area contributed by atoms with Gasteiger partial charge >= 0.3 is 13.5 Å². The molecule has 2 heterocycles. The number of rotatable bonds is 11. The maximum atomic E-state index is 13.5. The molecule has 35 heavy (non-hydrogen) atoms. The number of benzene rings is 1. The Morgan fingerprint density at radius 1 is 1.17 bits per heavy atom. The standard InChI is InChI=1S/C23H28FN2O8P/c24-18-15-26(23(29)25-22(18)28)21-14-19(27)20(34-21)16-33-35(30,31)32-13-9-4-2-1-3-6-10-17-11-7-5-8-12-17/h5,7-8,11-12,15,19-21,27H,1,3,6,9-10,13-14,16H2,(H,30,31)(H,25,28,29)/t19-,20+,21+/m0/s1. The van der Waals surface area contributed by atoms with Crippen LogP contribution in [0.2, 0.25) is 0 Å². The summed E-state index contributed by atoms with van der Waals surface area (Å²) in [5.41, 5.74) is -0.794. The molecular weight excluding hydrogens is 482 g/mol. The molecule has 0 spiro atoms. The van der Waals surface area contributed by atoms with E-state index in [1.807, 2.05) is 18.2 Å². The van der Waals surface area contributed by atoms with Gasteiger partial charge in [0.25, 0.3) is 5.56 Å². The molecule has 3 N–H and O–H groups in total. The van der Waals surface area contributed by atoms with Crippen LogP contribution in [0.4, 0.5) is 4.39 Å². The van der Waals surface area contributed by atoms with E-state index in [0.29, 0.717) is 6.20 Å². The van der Waals surface area contributed by atoms with E-state index in [4.69, 9.17) is 13.8 Å². The summed E-state index contributed by atoms with van der Waals surface area (Å²) in [6.07, 6.45) is 1.19. The number of phosphoric ester groups is 1. The Hall–Kier alpha value is -2.58. The van der Waals surface area contributed by atoms with Crippen LogP contribution in [0.3, 0.4) is 0 Å². The van der Waals surface area contributed by atoms with Crippen LogP contribution < -0.4 is 11.2 Å². The molecule has 3 rings (SSSR count). The third-order valence-electron chi connectivity index (χ3n) is 5.31. The second-order valence-electron chi connectivity index (χ2n) is 7.97. The zero-order valence-corrected chi connectivity index (χ0v) is 19.9. The number of ether oxygens (including phenoxy) is 1. The van der Waals surface area contributed by atoms with Crippen LogP contribution in [0.15, 0.2) is 46.1 Å². The van der Waals surface area contributed by atoms with E-state index < -0.39 is 49.9 Å². The van der Waals surface area contributed by atoms with Gasteiger partial charge in [-0.15, -0.1) is 11.8 Å². The molecule has 0 bridgehead atoms. The number of nitrogens with one attached hydrogen (secondary N) is 1. The summed E-state index contributed by atoms with van der Waals surface area (Å²) < 4.78 is 41.5. The van der Waals surface area contributed by atoms with Gasteiger partial charge in [-0.05, 0) is 24.8 Å². The van der Waals surface area contributed by atoms with Crippen molar-refractivity contribution in [1.29, 1.82) is 0 Å². The Kier molecular flexibility index (Phi) is 9.98. The number of H-pyrrole nitrogens is 1.